The standard InChI is InChI=1S/C20H18N4OS/c25-18-11-13-21-19-24(18)22-20(26-19)23(15-17-9-5-2-6-10-17)14-12-16-7-3-1-4-8-16/h1-11,13H,12,14-15H2. The van der Waals surface area contributed by atoms with E-state index in [4.69, 9.17) is 0 Å². The zero-order chi connectivity index (χ0) is 17.8. The molecule has 0 atom stereocenters. The van der Waals surface area contributed by atoms with Crippen molar-refractivity contribution in [2.75, 3.05) is 11.4 Å². The molecule has 4 rings (SSSR count). The monoisotopic (exact) mass is 362 g/mol. The topological polar surface area (TPSA) is 50.5 Å². The predicted molar refractivity (Wildman–Crippen MR) is 105 cm³/mol. The molecule has 2 aromatic heterocycles. The largest absolute Gasteiger partial charge is 0.342 e. The van der Waals surface area contributed by atoms with Gasteiger partial charge in [0.05, 0.1) is 0 Å². The average molecular weight is 362 g/mol. The summed E-state index contributed by atoms with van der Waals surface area (Å²) in [4.78, 5) is 19.1. The van der Waals surface area contributed by atoms with Crippen LogP contribution in [0.2, 0.25) is 0 Å². The van der Waals surface area contributed by atoms with Crippen LogP contribution in [0.3, 0.4) is 0 Å². The first-order valence-electron chi connectivity index (χ1n) is 8.47. The lowest BCUT2D eigenvalue weighted by Crippen LogP contribution is -2.25. The van der Waals surface area contributed by atoms with Gasteiger partial charge in [-0.1, -0.05) is 72.0 Å². The summed E-state index contributed by atoms with van der Waals surface area (Å²) in [7, 11) is 0. The first-order valence-corrected chi connectivity index (χ1v) is 9.29. The van der Waals surface area contributed by atoms with Crippen molar-refractivity contribution in [3.63, 3.8) is 0 Å². The quantitative estimate of drug-likeness (QED) is 0.527. The van der Waals surface area contributed by atoms with Crippen LogP contribution in [0.25, 0.3) is 4.96 Å². The molecule has 0 N–H and O–H groups in total. The Balaban J connectivity index is 1.64. The molecule has 2 aromatic carbocycles. The summed E-state index contributed by atoms with van der Waals surface area (Å²) in [5.41, 5.74) is 2.34. The van der Waals surface area contributed by atoms with Crippen molar-refractivity contribution >= 4 is 21.4 Å². The minimum Gasteiger partial charge on any atom is -0.342 e. The third-order valence-electron chi connectivity index (χ3n) is 4.16. The van der Waals surface area contributed by atoms with E-state index in [9.17, 15) is 4.79 Å². The summed E-state index contributed by atoms with van der Waals surface area (Å²) in [6.45, 7) is 1.55. The highest BCUT2D eigenvalue weighted by molar-refractivity contribution is 7.20. The van der Waals surface area contributed by atoms with Crippen LogP contribution >= 0.6 is 11.3 Å². The molecule has 0 bridgehead atoms. The Morgan fingerprint density at radius 2 is 1.62 bits per heavy atom. The average Bonchev–Trinajstić information content (AvgIpc) is 3.12. The summed E-state index contributed by atoms with van der Waals surface area (Å²) in [6.07, 6.45) is 2.44. The summed E-state index contributed by atoms with van der Waals surface area (Å²) in [5, 5.41) is 5.31. The molecule has 6 heteroatoms. The fraction of sp³-hybridized carbons (Fsp3) is 0.150. The van der Waals surface area contributed by atoms with E-state index >= 15 is 0 Å². The molecule has 0 unspecified atom stereocenters. The Morgan fingerprint density at radius 1 is 0.923 bits per heavy atom. The van der Waals surface area contributed by atoms with Gasteiger partial charge in [0.25, 0.3) is 5.56 Å². The third-order valence-corrected chi connectivity index (χ3v) is 5.14. The van der Waals surface area contributed by atoms with E-state index in [-0.39, 0.29) is 5.56 Å². The van der Waals surface area contributed by atoms with E-state index < -0.39 is 0 Å². The van der Waals surface area contributed by atoms with Crippen LogP contribution < -0.4 is 10.5 Å². The van der Waals surface area contributed by atoms with Crippen LogP contribution in [0.5, 0.6) is 0 Å². The predicted octanol–water partition coefficient (Wildman–Crippen LogP) is 3.40. The van der Waals surface area contributed by atoms with Gasteiger partial charge in [0.15, 0.2) is 0 Å². The third kappa shape index (κ3) is 3.65. The van der Waals surface area contributed by atoms with Crippen LogP contribution in [0.15, 0.2) is 77.7 Å². The normalized spacial score (nSPS) is 10.9. The number of anilines is 1. The van der Waals surface area contributed by atoms with Crippen LogP contribution in [-0.2, 0) is 13.0 Å². The smallest absolute Gasteiger partial charge is 0.275 e. The van der Waals surface area contributed by atoms with Gasteiger partial charge in [-0.2, -0.15) is 4.52 Å². The fourth-order valence-corrected chi connectivity index (χ4v) is 3.72. The zero-order valence-corrected chi connectivity index (χ0v) is 15.0. The second-order valence-electron chi connectivity index (χ2n) is 6.00. The van der Waals surface area contributed by atoms with Crippen molar-refractivity contribution in [1.82, 2.24) is 14.6 Å². The molecule has 0 saturated carbocycles. The van der Waals surface area contributed by atoms with Crippen LogP contribution in [0.4, 0.5) is 5.13 Å². The highest BCUT2D eigenvalue weighted by Crippen LogP contribution is 2.23. The summed E-state index contributed by atoms with van der Waals surface area (Å²) in [6, 6.07) is 22.1. The molecule has 0 fully saturated rings. The summed E-state index contributed by atoms with van der Waals surface area (Å²) < 4.78 is 1.38. The molecule has 0 aliphatic heterocycles. The molecule has 130 valence electrons. The lowest BCUT2D eigenvalue weighted by molar-refractivity contribution is 0.759. The van der Waals surface area contributed by atoms with E-state index in [0.717, 1.165) is 24.6 Å². The van der Waals surface area contributed by atoms with Gasteiger partial charge in [-0.25, -0.2) is 4.98 Å². The number of hydrogen-bond donors (Lipinski definition) is 0. The molecule has 0 radical (unpaired) electrons. The Morgan fingerprint density at radius 3 is 2.31 bits per heavy atom. The molecule has 26 heavy (non-hydrogen) atoms. The molecule has 0 amide bonds. The van der Waals surface area contributed by atoms with E-state index in [1.807, 2.05) is 24.3 Å². The lowest BCUT2D eigenvalue weighted by Gasteiger charge is -2.21. The molecule has 0 spiro atoms. The van der Waals surface area contributed by atoms with E-state index in [1.165, 1.54) is 39.2 Å². The Labute approximate surface area is 155 Å². The molecule has 0 aliphatic carbocycles. The molecule has 0 saturated heterocycles. The van der Waals surface area contributed by atoms with E-state index in [1.54, 1.807) is 0 Å². The molecule has 2 heterocycles. The minimum atomic E-state index is -0.153. The molecular weight excluding hydrogens is 344 g/mol. The van der Waals surface area contributed by atoms with Crippen molar-refractivity contribution in [3.05, 3.63) is 94.4 Å². The van der Waals surface area contributed by atoms with Crippen molar-refractivity contribution in [3.8, 4) is 0 Å². The van der Waals surface area contributed by atoms with Crippen LogP contribution in [0.1, 0.15) is 11.1 Å². The number of rotatable bonds is 6. The second-order valence-corrected chi connectivity index (χ2v) is 6.94. The Hall–Kier alpha value is -2.99. The van der Waals surface area contributed by atoms with Crippen LogP contribution in [-0.4, -0.2) is 21.1 Å². The van der Waals surface area contributed by atoms with Gasteiger partial charge in [-0.05, 0) is 17.5 Å². The fourth-order valence-electron chi connectivity index (χ4n) is 2.82. The molecular formula is C20H18N4OS. The van der Waals surface area contributed by atoms with E-state index in [2.05, 4.69) is 51.4 Å². The maximum atomic E-state index is 12.0. The summed E-state index contributed by atoms with van der Waals surface area (Å²) >= 11 is 1.44. The van der Waals surface area contributed by atoms with Gasteiger partial charge >= 0.3 is 0 Å². The number of aromatic nitrogens is 3. The SMILES string of the molecule is O=c1ccnc2sc(N(CCc3ccccc3)Cc3ccccc3)nn12. The maximum absolute atomic E-state index is 12.0. The van der Waals surface area contributed by atoms with Gasteiger partial charge < -0.3 is 4.90 Å². The maximum Gasteiger partial charge on any atom is 0.275 e. The summed E-state index contributed by atoms with van der Waals surface area (Å²) in [5.74, 6) is 0. The number of nitrogens with zero attached hydrogens (tertiary/aromatic N) is 4. The van der Waals surface area contributed by atoms with Crippen molar-refractivity contribution in [1.29, 1.82) is 0 Å². The van der Waals surface area contributed by atoms with Gasteiger partial charge in [0.1, 0.15) is 0 Å². The first kappa shape index (κ1) is 16.5. The zero-order valence-electron chi connectivity index (χ0n) is 14.2. The van der Waals surface area contributed by atoms with Gasteiger partial charge in [-0.15, -0.1) is 5.10 Å². The highest BCUT2D eigenvalue weighted by atomic mass is 32.1. The van der Waals surface area contributed by atoms with Gasteiger partial charge in [0.2, 0.25) is 10.1 Å². The lowest BCUT2D eigenvalue weighted by atomic mass is 10.1. The highest BCUT2D eigenvalue weighted by Gasteiger charge is 2.14. The first-order chi connectivity index (χ1) is 12.8. The number of benzene rings is 2. The number of hydrogen-bond acceptors (Lipinski definition) is 5. The van der Waals surface area contributed by atoms with Crippen molar-refractivity contribution in [2.24, 2.45) is 0 Å². The van der Waals surface area contributed by atoms with E-state index in [0.29, 0.717) is 4.96 Å². The van der Waals surface area contributed by atoms with Gasteiger partial charge in [0, 0.05) is 25.4 Å². The van der Waals surface area contributed by atoms with Crippen molar-refractivity contribution in [2.45, 2.75) is 13.0 Å². The van der Waals surface area contributed by atoms with Crippen LogP contribution in [0, 0.1) is 0 Å². The van der Waals surface area contributed by atoms with Gasteiger partial charge in [-0.3, -0.25) is 4.79 Å². The second kappa shape index (κ2) is 7.49. The van der Waals surface area contributed by atoms with Crippen molar-refractivity contribution < 1.29 is 0 Å². The molecule has 0 aliphatic rings. The number of fused-ring (bicyclic) bond motifs is 1. The minimum absolute atomic E-state index is 0.153. The molecule has 5 nitrogen and oxygen atoms in total. The Kier molecular flexibility index (Phi) is 4.75. The molecule has 4 aromatic rings. The Bertz CT molecular complexity index is 1040.